The zero-order chi connectivity index (χ0) is 23.4. The van der Waals surface area contributed by atoms with E-state index in [0.717, 1.165) is 25.0 Å². The lowest BCUT2D eigenvalue weighted by Crippen LogP contribution is -2.57. The lowest BCUT2D eigenvalue weighted by atomic mass is 9.87. The van der Waals surface area contributed by atoms with Gasteiger partial charge in [0.2, 0.25) is 11.8 Å². The maximum absolute atomic E-state index is 13.3. The maximum atomic E-state index is 13.3. The van der Waals surface area contributed by atoms with E-state index >= 15 is 0 Å². The monoisotopic (exact) mass is 449 g/mol. The first-order valence-corrected chi connectivity index (χ1v) is 10.9. The highest BCUT2D eigenvalue weighted by atomic mass is 19.4. The smallest absolute Gasteiger partial charge is 0.353 e. The minimum absolute atomic E-state index is 0.0131. The predicted octanol–water partition coefficient (Wildman–Crippen LogP) is 3.91. The molecule has 0 bridgehead atoms. The van der Waals surface area contributed by atoms with Gasteiger partial charge in [0.15, 0.2) is 0 Å². The molecule has 174 valence electrons. The molecule has 8 heteroatoms. The first-order valence-electron chi connectivity index (χ1n) is 10.9. The number of nitrogens with one attached hydrogen (secondary N) is 1. The Morgan fingerprint density at radius 2 is 1.94 bits per heavy atom. The van der Waals surface area contributed by atoms with Gasteiger partial charge in [0, 0.05) is 31.7 Å². The van der Waals surface area contributed by atoms with Crippen LogP contribution in [0.1, 0.15) is 43.2 Å². The maximum Gasteiger partial charge on any atom is 0.416 e. The molecule has 5 nitrogen and oxygen atoms in total. The lowest BCUT2D eigenvalue weighted by molar-refractivity contribution is -0.141. The number of carbonyl (C=O) groups excluding carboxylic acids is 2. The Hall–Kier alpha value is -2.61. The van der Waals surface area contributed by atoms with Crippen molar-refractivity contribution < 1.29 is 22.8 Å². The van der Waals surface area contributed by atoms with Gasteiger partial charge >= 0.3 is 6.18 Å². The van der Waals surface area contributed by atoms with Crippen LogP contribution in [0.5, 0.6) is 0 Å². The Bertz CT molecular complexity index is 858. The van der Waals surface area contributed by atoms with Gasteiger partial charge in [-0.05, 0) is 37.3 Å². The largest absolute Gasteiger partial charge is 0.416 e. The van der Waals surface area contributed by atoms with Gasteiger partial charge in [0.1, 0.15) is 0 Å². The zero-order valence-corrected chi connectivity index (χ0v) is 18.2. The van der Waals surface area contributed by atoms with Crippen LogP contribution in [-0.4, -0.2) is 52.8 Å². The fourth-order valence-electron chi connectivity index (χ4n) is 4.90. The molecule has 32 heavy (non-hydrogen) atoms. The molecule has 1 atom stereocenters. The van der Waals surface area contributed by atoms with E-state index in [1.165, 1.54) is 6.07 Å². The van der Waals surface area contributed by atoms with Crippen LogP contribution in [0, 0.1) is 0 Å². The number of hydrogen-bond donors (Lipinski definition) is 1. The van der Waals surface area contributed by atoms with Gasteiger partial charge in [-0.25, -0.2) is 0 Å². The Morgan fingerprint density at radius 1 is 1.22 bits per heavy atom. The highest BCUT2D eigenvalue weighted by Gasteiger charge is 2.43. The van der Waals surface area contributed by atoms with E-state index in [2.05, 4.69) is 18.5 Å². The second-order valence-electron chi connectivity index (χ2n) is 8.54. The number of piperazine rings is 1. The lowest BCUT2D eigenvalue weighted by Gasteiger charge is -2.40. The average Bonchev–Trinajstić information content (AvgIpc) is 3.14. The predicted molar refractivity (Wildman–Crippen MR) is 117 cm³/mol. The van der Waals surface area contributed by atoms with Crippen molar-refractivity contribution in [3.8, 4) is 0 Å². The van der Waals surface area contributed by atoms with Crippen LogP contribution in [-0.2, 0) is 22.3 Å². The number of likely N-dealkylation sites (tertiary alicyclic amines) is 1. The Morgan fingerprint density at radius 3 is 2.59 bits per heavy atom. The number of alkyl halides is 3. The molecule has 0 aliphatic carbocycles. The minimum Gasteiger partial charge on any atom is -0.353 e. The summed E-state index contributed by atoms with van der Waals surface area (Å²) in [6.45, 7) is 9.30. The number of amides is 2. The summed E-state index contributed by atoms with van der Waals surface area (Å²) >= 11 is 0. The molecule has 1 N–H and O–H groups in total. The standard InChI is InChI=1S/C24H30F3N3O2/c1-3-9-23(10-4-2)11-6-13-30(23)21(31)16-20-22(32)28-12-14-29(20)17-18-7-5-8-19(15-18)24(25,26)27/h3-5,7-8,15,20H,1-2,6,9-14,16-17H2,(H,28,32)/t20-/m1/s1. The number of carbonyl (C=O) groups is 2. The summed E-state index contributed by atoms with van der Waals surface area (Å²) in [5.74, 6) is -0.392. The molecule has 2 saturated heterocycles. The molecule has 2 aliphatic rings. The van der Waals surface area contributed by atoms with E-state index in [1.807, 2.05) is 17.1 Å². The molecule has 2 amide bonds. The van der Waals surface area contributed by atoms with Crippen molar-refractivity contribution in [3.05, 3.63) is 60.7 Å². The van der Waals surface area contributed by atoms with Crippen LogP contribution in [0.4, 0.5) is 13.2 Å². The summed E-state index contributed by atoms with van der Waals surface area (Å²) < 4.78 is 39.3. The van der Waals surface area contributed by atoms with Crippen LogP contribution in [0.2, 0.25) is 0 Å². The van der Waals surface area contributed by atoms with Gasteiger partial charge in [0.05, 0.1) is 18.0 Å². The molecular weight excluding hydrogens is 419 g/mol. The van der Waals surface area contributed by atoms with Crippen molar-refractivity contribution in [1.29, 1.82) is 0 Å². The molecule has 0 aromatic heterocycles. The molecule has 1 aromatic carbocycles. The van der Waals surface area contributed by atoms with Crippen LogP contribution in [0.25, 0.3) is 0 Å². The first-order chi connectivity index (χ1) is 15.2. The SMILES string of the molecule is C=CCC1(CC=C)CCCN1C(=O)C[C@@H]1C(=O)NCCN1Cc1cccc(C(F)(F)F)c1. The molecule has 2 fully saturated rings. The topological polar surface area (TPSA) is 52.7 Å². The fraction of sp³-hybridized carbons (Fsp3) is 0.500. The summed E-state index contributed by atoms with van der Waals surface area (Å²) in [6, 6.07) is 4.38. The van der Waals surface area contributed by atoms with Gasteiger partial charge in [-0.3, -0.25) is 14.5 Å². The highest BCUT2D eigenvalue weighted by molar-refractivity contribution is 5.89. The van der Waals surface area contributed by atoms with E-state index in [-0.39, 0.29) is 30.3 Å². The third-order valence-electron chi connectivity index (χ3n) is 6.40. The number of rotatable bonds is 8. The quantitative estimate of drug-likeness (QED) is 0.613. The first kappa shape index (κ1) is 24.0. The Kier molecular flexibility index (Phi) is 7.44. The summed E-state index contributed by atoms with van der Waals surface area (Å²) in [7, 11) is 0. The van der Waals surface area contributed by atoms with Gasteiger partial charge in [0.25, 0.3) is 0 Å². The van der Waals surface area contributed by atoms with Crippen molar-refractivity contribution in [2.24, 2.45) is 0 Å². The summed E-state index contributed by atoms with van der Waals surface area (Å²) in [5.41, 5.74) is -0.627. The van der Waals surface area contributed by atoms with Gasteiger partial charge in [-0.2, -0.15) is 13.2 Å². The van der Waals surface area contributed by atoms with Crippen LogP contribution < -0.4 is 5.32 Å². The number of hydrogen-bond acceptors (Lipinski definition) is 3. The molecule has 0 saturated carbocycles. The fourth-order valence-corrected chi connectivity index (χ4v) is 4.90. The summed E-state index contributed by atoms with van der Waals surface area (Å²) in [5, 5.41) is 2.79. The van der Waals surface area contributed by atoms with Crippen molar-refractivity contribution >= 4 is 11.8 Å². The summed E-state index contributed by atoms with van der Waals surface area (Å²) in [4.78, 5) is 29.6. The molecule has 0 spiro atoms. The van der Waals surface area contributed by atoms with Crippen LogP contribution in [0.3, 0.4) is 0 Å². The van der Waals surface area contributed by atoms with E-state index in [0.29, 0.717) is 38.0 Å². The molecule has 2 heterocycles. The normalized spacial score (nSPS) is 21.3. The zero-order valence-electron chi connectivity index (χ0n) is 18.2. The third-order valence-corrected chi connectivity index (χ3v) is 6.40. The van der Waals surface area contributed by atoms with Gasteiger partial charge < -0.3 is 10.2 Å². The van der Waals surface area contributed by atoms with Crippen molar-refractivity contribution in [3.63, 3.8) is 0 Å². The molecule has 1 aromatic rings. The molecular formula is C24H30F3N3O2. The number of nitrogens with zero attached hydrogens (tertiary/aromatic N) is 2. The molecule has 2 aliphatic heterocycles. The third kappa shape index (κ3) is 5.23. The second kappa shape index (κ2) is 9.90. The van der Waals surface area contributed by atoms with Crippen LogP contribution >= 0.6 is 0 Å². The Labute approximate surface area is 186 Å². The molecule has 0 unspecified atom stereocenters. The Balaban J connectivity index is 1.77. The van der Waals surface area contributed by atoms with Crippen molar-refractivity contribution in [1.82, 2.24) is 15.1 Å². The minimum atomic E-state index is -4.43. The van der Waals surface area contributed by atoms with E-state index in [4.69, 9.17) is 0 Å². The van der Waals surface area contributed by atoms with Crippen molar-refractivity contribution in [2.75, 3.05) is 19.6 Å². The number of benzene rings is 1. The van der Waals surface area contributed by atoms with Gasteiger partial charge in [-0.15, -0.1) is 13.2 Å². The molecule has 0 radical (unpaired) electrons. The van der Waals surface area contributed by atoms with Gasteiger partial charge in [-0.1, -0.05) is 30.4 Å². The number of halogens is 3. The highest BCUT2D eigenvalue weighted by Crippen LogP contribution is 2.37. The van der Waals surface area contributed by atoms with Crippen molar-refractivity contribution in [2.45, 2.75) is 56.4 Å². The second-order valence-corrected chi connectivity index (χ2v) is 8.54. The van der Waals surface area contributed by atoms with E-state index in [1.54, 1.807) is 11.0 Å². The van der Waals surface area contributed by atoms with E-state index in [9.17, 15) is 22.8 Å². The average molecular weight is 450 g/mol. The summed E-state index contributed by atoms with van der Waals surface area (Å²) in [6.07, 6.45) is 2.19. The van der Waals surface area contributed by atoms with Crippen LogP contribution in [0.15, 0.2) is 49.6 Å². The molecule has 3 rings (SSSR count). The van der Waals surface area contributed by atoms with E-state index < -0.39 is 17.8 Å².